The van der Waals surface area contributed by atoms with Crippen LogP contribution in [0.3, 0.4) is 0 Å². The Balaban J connectivity index is 1.35. The number of thiophene rings is 1. The molecule has 1 aromatic carbocycles. The lowest BCUT2D eigenvalue weighted by Crippen LogP contribution is -2.40. The number of para-hydroxylation sites is 1. The molecule has 0 saturated carbocycles. The number of anilines is 1. The van der Waals surface area contributed by atoms with Crippen LogP contribution in [0.5, 0.6) is 0 Å². The molecule has 1 aliphatic heterocycles. The molecular weight excluding hydrogens is 357 g/mol. The maximum atomic E-state index is 13.8. The van der Waals surface area contributed by atoms with Gasteiger partial charge in [0.05, 0.1) is 11.2 Å². The first-order valence-corrected chi connectivity index (χ1v) is 10.0. The number of halogens is 1. The molecular formula is C18H18FN3OS2. The summed E-state index contributed by atoms with van der Waals surface area (Å²) < 4.78 is 14.7. The Morgan fingerprint density at radius 1 is 1.28 bits per heavy atom. The van der Waals surface area contributed by atoms with Crippen molar-refractivity contribution in [1.82, 2.24) is 10.3 Å². The average molecular weight is 375 g/mol. The first-order chi connectivity index (χ1) is 12.2. The number of nitrogens with one attached hydrogen (secondary N) is 1. The maximum absolute atomic E-state index is 13.8. The SMILES string of the molecule is O=C(NCc1cccs1)C1CCN(c2nc3c(F)cccc3s2)CC1. The van der Waals surface area contributed by atoms with Crippen LogP contribution in [0, 0.1) is 11.7 Å². The minimum absolute atomic E-state index is 0.0438. The van der Waals surface area contributed by atoms with Gasteiger partial charge < -0.3 is 10.2 Å². The molecule has 25 heavy (non-hydrogen) atoms. The van der Waals surface area contributed by atoms with Gasteiger partial charge in [-0.25, -0.2) is 9.37 Å². The zero-order chi connectivity index (χ0) is 17.2. The molecule has 0 unspecified atom stereocenters. The summed E-state index contributed by atoms with van der Waals surface area (Å²) in [6, 6.07) is 9.06. The van der Waals surface area contributed by atoms with Crippen LogP contribution in [0.2, 0.25) is 0 Å². The lowest BCUT2D eigenvalue weighted by Gasteiger charge is -2.31. The number of fused-ring (bicyclic) bond motifs is 1. The van der Waals surface area contributed by atoms with E-state index in [9.17, 15) is 9.18 Å². The van der Waals surface area contributed by atoms with Crippen molar-refractivity contribution in [3.05, 3.63) is 46.4 Å². The molecule has 1 fully saturated rings. The molecule has 0 aliphatic carbocycles. The number of carbonyl (C=O) groups excluding carboxylic acids is 1. The number of thiazole rings is 1. The number of hydrogen-bond acceptors (Lipinski definition) is 5. The van der Waals surface area contributed by atoms with Crippen molar-refractivity contribution < 1.29 is 9.18 Å². The molecule has 4 rings (SSSR count). The molecule has 0 spiro atoms. The highest BCUT2D eigenvalue weighted by Gasteiger charge is 2.26. The topological polar surface area (TPSA) is 45.2 Å². The summed E-state index contributed by atoms with van der Waals surface area (Å²) in [5, 5.41) is 5.89. The number of benzene rings is 1. The third-order valence-corrected chi connectivity index (χ3v) is 6.47. The van der Waals surface area contributed by atoms with Crippen molar-refractivity contribution in [2.75, 3.05) is 18.0 Å². The molecule has 1 saturated heterocycles. The first-order valence-electron chi connectivity index (χ1n) is 8.31. The van der Waals surface area contributed by atoms with E-state index in [-0.39, 0.29) is 17.6 Å². The predicted molar refractivity (Wildman–Crippen MR) is 101 cm³/mol. The summed E-state index contributed by atoms with van der Waals surface area (Å²) in [4.78, 5) is 20.1. The zero-order valence-corrected chi connectivity index (χ0v) is 15.2. The zero-order valence-electron chi connectivity index (χ0n) is 13.6. The van der Waals surface area contributed by atoms with E-state index in [2.05, 4.69) is 15.2 Å². The van der Waals surface area contributed by atoms with Crippen LogP contribution in [0.15, 0.2) is 35.7 Å². The average Bonchev–Trinajstić information content (AvgIpc) is 3.30. The van der Waals surface area contributed by atoms with Gasteiger partial charge >= 0.3 is 0 Å². The Hall–Kier alpha value is -1.99. The highest BCUT2D eigenvalue weighted by molar-refractivity contribution is 7.22. The van der Waals surface area contributed by atoms with Crippen LogP contribution >= 0.6 is 22.7 Å². The minimum Gasteiger partial charge on any atom is -0.351 e. The number of carbonyl (C=O) groups is 1. The second-order valence-corrected chi connectivity index (χ2v) is 8.18. The van der Waals surface area contributed by atoms with Gasteiger partial charge in [0.1, 0.15) is 11.3 Å². The second kappa shape index (κ2) is 7.09. The summed E-state index contributed by atoms with van der Waals surface area (Å²) in [6.07, 6.45) is 1.60. The maximum Gasteiger partial charge on any atom is 0.223 e. The van der Waals surface area contributed by atoms with Crippen molar-refractivity contribution >= 4 is 43.9 Å². The van der Waals surface area contributed by atoms with E-state index >= 15 is 0 Å². The van der Waals surface area contributed by atoms with E-state index < -0.39 is 0 Å². The number of amides is 1. The smallest absolute Gasteiger partial charge is 0.223 e. The van der Waals surface area contributed by atoms with E-state index in [1.807, 2.05) is 23.6 Å². The summed E-state index contributed by atoms with van der Waals surface area (Å²) >= 11 is 3.16. The van der Waals surface area contributed by atoms with Gasteiger partial charge in [-0.3, -0.25) is 4.79 Å². The molecule has 0 radical (unpaired) electrons. The normalized spacial score (nSPS) is 15.6. The predicted octanol–water partition coefficient (Wildman–Crippen LogP) is 4.03. The van der Waals surface area contributed by atoms with Crippen LogP contribution < -0.4 is 10.2 Å². The van der Waals surface area contributed by atoms with Crippen molar-refractivity contribution in [2.24, 2.45) is 5.92 Å². The van der Waals surface area contributed by atoms with Crippen molar-refractivity contribution in [1.29, 1.82) is 0 Å². The molecule has 4 nitrogen and oxygen atoms in total. The largest absolute Gasteiger partial charge is 0.351 e. The molecule has 1 N–H and O–H groups in total. The van der Waals surface area contributed by atoms with Gasteiger partial charge in [0.25, 0.3) is 0 Å². The third-order valence-electron chi connectivity index (χ3n) is 4.51. The van der Waals surface area contributed by atoms with Crippen LogP contribution in [-0.2, 0) is 11.3 Å². The monoisotopic (exact) mass is 375 g/mol. The van der Waals surface area contributed by atoms with Gasteiger partial charge in [-0.1, -0.05) is 23.5 Å². The van der Waals surface area contributed by atoms with Gasteiger partial charge in [-0.15, -0.1) is 11.3 Å². The molecule has 0 bridgehead atoms. The van der Waals surface area contributed by atoms with Crippen LogP contribution in [0.1, 0.15) is 17.7 Å². The molecule has 1 amide bonds. The van der Waals surface area contributed by atoms with E-state index in [4.69, 9.17) is 0 Å². The Bertz CT molecular complexity index is 870. The molecule has 3 aromatic rings. The molecule has 1 aliphatic rings. The van der Waals surface area contributed by atoms with E-state index in [0.717, 1.165) is 35.8 Å². The number of piperidine rings is 1. The van der Waals surface area contributed by atoms with Crippen molar-refractivity contribution in [3.63, 3.8) is 0 Å². The summed E-state index contributed by atoms with van der Waals surface area (Å²) in [6.45, 7) is 2.16. The molecule has 2 aromatic heterocycles. The van der Waals surface area contributed by atoms with E-state index in [1.54, 1.807) is 17.4 Å². The standard InChI is InChI=1S/C18H18FN3OS2/c19-14-4-1-5-15-16(14)21-18(25-15)22-8-6-12(7-9-22)17(23)20-11-13-3-2-10-24-13/h1-5,10,12H,6-9,11H2,(H,20,23). The molecule has 0 atom stereocenters. The summed E-state index contributed by atoms with van der Waals surface area (Å²) in [5.74, 6) is -0.103. The van der Waals surface area contributed by atoms with Gasteiger partial charge in [0.2, 0.25) is 5.91 Å². The lowest BCUT2D eigenvalue weighted by molar-refractivity contribution is -0.125. The highest BCUT2D eigenvalue weighted by atomic mass is 32.1. The highest BCUT2D eigenvalue weighted by Crippen LogP contribution is 2.32. The molecule has 3 heterocycles. The van der Waals surface area contributed by atoms with Crippen LogP contribution in [0.4, 0.5) is 9.52 Å². The minimum atomic E-state index is -0.275. The number of rotatable bonds is 4. The third kappa shape index (κ3) is 3.52. The Labute approximate surface area is 153 Å². The Morgan fingerprint density at radius 3 is 2.84 bits per heavy atom. The van der Waals surface area contributed by atoms with Crippen molar-refractivity contribution in [2.45, 2.75) is 19.4 Å². The second-order valence-electron chi connectivity index (χ2n) is 6.14. The lowest BCUT2D eigenvalue weighted by atomic mass is 9.96. The van der Waals surface area contributed by atoms with E-state index in [1.165, 1.54) is 22.3 Å². The van der Waals surface area contributed by atoms with Gasteiger partial charge in [0, 0.05) is 23.9 Å². The number of aromatic nitrogens is 1. The number of hydrogen-bond donors (Lipinski definition) is 1. The fourth-order valence-electron chi connectivity index (χ4n) is 3.10. The fourth-order valence-corrected chi connectivity index (χ4v) is 4.78. The van der Waals surface area contributed by atoms with Gasteiger partial charge in [-0.2, -0.15) is 0 Å². The first kappa shape index (κ1) is 16.5. The molecule has 7 heteroatoms. The van der Waals surface area contributed by atoms with Crippen LogP contribution in [0.25, 0.3) is 10.2 Å². The Morgan fingerprint density at radius 2 is 2.12 bits per heavy atom. The van der Waals surface area contributed by atoms with E-state index in [0.29, 0.717) is 12.1 Å². The summed E-state index contributed by atoms with van der Waals surface area (Å²) in [7, 11) is 0. The Kier molecular flexibility index (Phi) is 4.67. The van der Waals surface area contributed by atoms with Gasteiger partial charge in [-0.05, 0) is 36.4 Å². The number of nitrogens with zero attached hydrogens (tertiary/aromatic N) is 2. The summed E-state index contributed by atoms with van der Waals surface area (Å²) in [5.41, 5.74) is 0.443. The fraction of sp³-hybridized carbons (Fsp3) is 0.333. The van der Waals surface area contributed by atoms with Crippen molar-refractivity contribution in [3.8, 4) is 0 Å². The quantitative estimate of drug-likeness (QED) is 0.749. The molecule has 130 valence electrons. The van der Waals surface area contributed by atoms with Crippen LogP contribution in [-0.4, -0.2) is 24.0 Å². The van der Waals surface area contributed by atoms with Gasteiger partial charge in [0.15, 0.2) is 5.13 Å².